The summed E-state index contributed by atoms with van der Waals surface area (Å²) in [7, 11) is 3.79. The minimum Gasteiger partial charge on any atom is -0.372 e. The SMILES string of the molecule is CCn1nccc1[C@@H]1OCC[C@H]1CN=C(N)N(C)C. The molecule has 0 amide bonds. The predicted octanol–water partition coefficient (Wildman–Crippen LogP) is 0.857. The Labute approximate surface area is 114 Å². The number of nitrogens with zero attached hydrogens (tertiary/aromatic N) is 4. The van der Waals surface area contributed by atoms with Crippen molar-refractivity contribution in [2.75, 3.05) is 27.2 Å². The lowest BCUT2D eigenvalue weighted by Gasteiger charge is -2.19. The Morgan fingerprint density at radius 2 is 2.42 bits per heavy atom. The Bertz CT molecular complexity index is 440. The van der Waals surface area contributed by atoms with Crippen LogP contribution in [0.25, 0.3) is 0 Å². The lowest BCUT2D eigenvalue weighted by Crippen LogP contribution is -2.31. The standard InChI is InChI=1S/C13H23N5O/c1-4-18-11(5-7-16-18)12-10(6-8-19-12)9-15-13(14)17(2)3/h5,7,10,12H,4,6,8-9H2,1-3H3,(H2,14,15)/t10-,12+/m0/s1. The van der Waals surface area contributed by atoms with Crippen molar-refractivity contribution in [3.8, 4) is 0 Å². The third-order valence-corrected chi connectivity index (χ3v) is 3.50. The first-order chi connectivity index (χ1) is 9.13. The maximum absolute atomic E-state index is 5.86. The first-order valence-electron chi connectivity index (χ1n) is 6.74. The van der Waals surface area contributed by atoms with E-state index in [0.29, 0.717) is 18.4 Å². The Morgan fingerprint density at radius 1 is 1.63 bits per heavy atom. The minimum atomic E-state index is 0.0844. The molecule has 19 heavy (non-hydrogen) atoms. The highest BCUT2D eigenvalue weighted by Crippen LogP contribution is 2.34. The first kappa shape index (κ1) is 13.9. The van der Waals surface area contributed by atoms with Crippen LogP contribution in [-0.4, -0.2) is 47.9 Å². The van der Waals surface area contributed by atoms with E-state index in [1.807, 2.05) is 35.9 Å². The summed E-state index contributed by atoms with van der Waals surface area (Å²) in [5.74, 6) is 0.940. The highest BCUT2D eigenvalue weighted by atomic mass is 16.5. The fourth-order valence-corrected chi connectivity index (χ4v) is 2.35. The fourth-order valence-electron chi connectivity index (χ4n) is 2.35. The zero-order valence-electron chi connectivity index (χ0n) is 11.9. The summed E-state index contributed by atoms with van der Waals surface area (Å²) < 4.78 is 7.85. The van der Waals surface area contributed by atoms with Gasteiger partial charge in [-0.25, -0.2) is 0 Å². The molecule has 2 rings (SSSR count). The highest BCUT2D eigenvalue weighted by molar-refractivity contribution is 5.77. The van der Waals surface area contributed by atoms with Crippen LogP contribution in [-0.2, 0) is 11.3 Å². The predicted molar refractivity (Wildman–Crippen MR) is 74.9 cm³/mol. The molecule has 0 unspecified atom stereocenters. The molecular weight excluding hydrogens is 242 g/mol. The van der Waals surface area contributed by atoms with E-state index in [1.165, 1.54) is 0 Å². The molecule has 1 aliphatic heterocycles. The molecule has 0 spiro atoms. The summed E-state index contributed by atoms with van der Waals surface area (Å²) in [6, 6.07) is 2.03. The summed E-state index contributed by atoms with van der Waals surface area (Å²) in [6.45, 7) is 4.42. The molecule has 0 aliphatic carbocycles. The number of hydrogen-bond acceptors (Lipinski definition) is 3. The zero-order chi connectivity index (χ0) is 13.8. The van der Waals surface area contributed by atoms with E-state index in [1.54, 1.807) is 0 Å². The van der Waals surface area contributed by atoms with Crippen LogP contribution < -0.4 is 5.73 Å². The normalized spacial score (nSPS) is 23.8. The summed E-state index contributed by atoms with van der Waals surface area (Å²) in [4.78, 5) is 6.25. The highest BCUT2D eigenvalue weighted by Gasteiger charge is 2.31. The van der Waals surface area contributed by atoms with Gasteiger partial charge in [0.15, 0.2) is 5.96 Å². The zero-order valence-corrected chi connectivity index (χ0v) is 11.9. The Hall–Kier alpha value is -1.56. The van der Waals surface area contributed by atoms with Gasteiger partial charge < -0.3 is 15.4 Å². The van der Waals surface area contributed by atoms with Gasteiger partial charge in [-0.1, -0.05) is 0 Å². The van der Waals surface area contributed by atoms with Crippen molar-refractivity contribution in [3.63, 3.8) is 0 Å². The molecule has 1 fully saturated rings. The van der Waals surface area contributed by atoms with Gasteiger partial charge in [0.05, 0.1) is 5.69 Å². The van der Waals surface area contributed by atoms with Gasteiger partial charge in [0.2, 0.25) is 0 Å². The van der Waals surface area contributed by atoms with E-state index in [2.05, 4.69) is 17.0 Å². The van der Waals surface area contributed by atoms with Gasteiger partial charge in [-0.2, -0.15) is 5.10 Å². The molecule has 106 valence electrons. The topological polar surface area (TPSA) is 68.7 Å². The Kier molecular flexibility index (Phi) is 4.42. The van der Waals surface area contributed by atoms with Gasteiger partial charge in [0.25, 0.3) is 0 Å². The quantitative estimate of drug-likeness (QED) is 0.647. The van der Waals surface area contributed by atoms with Gasteiger partial charge in [-0.05, 0) is 19.4 Å². The molecule has 0 saturated carbocycles. The van der Waals surface area contributed by atoms with Gasteiger partial charge in [0.1, 0.15) is 6.10 Å². The van der Waals surface area contributed by atoms with Crippen LogP contribution in [0.3, 0.4) is 0 Å². The van der Waals surface area contributed by atoms with Crippen LogP contribution in [0.5, 0.6) is 0 Å². The number of hydrogen-bond donors (Lipinski definition) is 1. The van der Waals surface area contributed by atoms with E-state index in [4.69, 9.17) is 10.5 Å². The van der Waals surface area contributed by atoms with Crippen molar-refractivity contribution in [2.45, 2.75) is 26.0 Å². The minimum absolute atomic E-state index is 0.0844. The fraction of sp³-hybridized carbons (Fsp3) is 0.692. The molecule has 2 N–H and O–H groups in total. The van der Waals surface area contributed by atoms with Gasteiger partial charge >= 0.3 is 0 Å². The largest absolute Gasteiger partial charge is 0.372 e. The third kappa shape index (κ3) is 3.07. The lowest BCUT2D eigenvalue weighted by atomic mass is 9.99. The Morgan fingerprint density at radius 3 is 3.11 bits per heavy atom. The van der Waals surface area contributed by atoms with Crippen molar-refractivity contribution in [2.24, 2.45) is 16.6 Å². The maximum atomic E-state index is 5.86. The molecule has 0 bridgehead atoms. The number of ether oxygens (including phenoxy) is 1. The summed E-state index contributed by atoms with van der Waals surface area (Å²) in [5, 5.41) is 4.31. The number of nitrogens with two attached hydrogens (primary N) is 1. The number of aliphatic imine (C=N–C) groups is 1. The smallest absolute Gasteiger partial charge is 0.190 e. The average Bonchev–Trinajstić information content (AvgIpc) is 3.03. The number of guanidine groups is 1. The van der Waals surface area contributed by atoms with E-state index in [-0.39, 0.29) is 6.10 Å². The molecular formula is C13H23N5O. The Balaban J connectivity index is 2.07. The second kappa shape index (κ2) is 6.06. The van der Waals surface area contributed by atoms with Crippen LogP contribution in [0.15, 0.2) is 17.3 Å². The second-order valence-corrected chi connectivity index (χ2v) is 5.01. The molecule has 6 heteroatoms. The van der Waals surface area contributed by atoms with Crippen LogP contribution >= 0.6 is 0 Å². The van der Waals surface area contributed by atoms with E-state index >= 15 is 0 Å². The van der Waals surface area contributed by atoms with Crippen LogP contribution in [0.2, 0.25) is 0 Å². The van der Waals surface area contributed by atoms with Crippen LogP contribution in [0.1, 0.15) is 25.1 Å². The molecule has 1 saturated heterocycles. The summed E-state index contributed by atoms with van der Waals surface area (Å²) in [5.41, 5.74) is 6.97. The summed E-state index contributed by atoms with van der Waals surface area (Å²) >= 11 is 0. The van der Waals surface area contributed by atoms with Crippen LogP contribution in [0.4, 0.5) is 0 Å². The molecule has 1 aliphatic rings. The maximum Gasteiger partial charge on any atom is 0.190 e. The van der Waals surface area contributed by atoms with E-state index in [9.17, 15) is 0 Å². The number of aromatic nitrogens is 2. The molecule has 6 nitrogen and oxygen atoms in total. The van der Waals surface area contributed by atoms with Crippen molar-refractivity contribution < 1.29 is 4.74 Å². The van der Waals surface area contributed by atoms with Gasteiger partial charge in [-0.15, -0.1) is 0 Å². The first-order valence-corrected chi connectivity index (χ1v) is 6.74. The van der Waals surface area contributed by atoms with Gasteiger partial charge in [0, 0.05) is 45.9 Å². The van der Waals surface area contributed by atoms with Crippen molar-refractivity contribution in [3.05, 3.63) is 18.0 Å². The van der Waals surface area contributed by atoms with Crippen molar-refractivity contribution in [1.82, 2.24) is 14.7 Å². The number of rotatable bonds is 4. The molecule has 2 heterocycles. The molecule has 2 atom stereocenters. The number of aryl methyl sites for hydroxylation is 1. The van der Waals surface area contributed by atoms with Crippen molar-refractivity contribution >= 4 is 5.96 Å². The third-order valence-electron chi connectivity index (χ3n) is 3.50. The monoisotopic (exact) mass is 265 g/mol. The summed E-state index contributed by atoms with van der Waals surface area (Å²) in [6.07, 6.45) is 2.93. The average molecular weight is 265 g/mol. The van der Waals surface area contributed by atoms with E-state index < -0.39 is 0 Å². The second-order valence-electron chi connectivity index (χ2n) is 5.01. The molecule has 0 radical (unpaired) electrons. The van der Waals surface area contributed by atoms with Crippen LogP contribution in [0, 0.1) is 5.92 Å². The lowest BCUT2D eigenvalue weighted by molar-refractivity contribution is 0.0850. The van der Waals surface area contributed by atoms with Crippen molar-refractivity contribution in [1.29, 1.82) is 0 Å². The molecule has 0 aromatic carbocycles. The molecule has 1 aromatic rings. The van der Waals surface area contributed by atoms with Gasteiger partial charge in [-0.3, -0.25) is 9.67 Å². The molecule has 1 aromatic heterocycles. The van der Waals surface area contributed by atoms with E-state index in [0.717, 1.165) is 25.3 Å².